The van der Waals surface area contributed by atoms with Gasteiger partial charge in [0.2, 0.25) is 0 Å². The zero-order valence-electron chi connectivity index (χ0n) is 14.1. The van der Waals surface area contributed by atoms with Gasteiger partial charge in [-0.25, -0.2) is 15.0 Å². The molecule has 1 atom stereocenters. The molecule has 0 aromatic carbocycles. The molecule has 0 unspecified atom stereocenters. The summed E-state index contributed by atoms with van der Waals surface area (Å²) in [4.78, 5) is 18.0. The molecule has 0 amide bonds. The van der Waals surface area contributed by atoms with Crippen LogP contribution < -0.4 is 5.32 Å². The predicted octanol–water partition coefficient (Wildman–Crippen LogP) is 2.02. The zero-order valence-corrected chi connectivity index (χ0v) is 14.1. The van der Waals surface area contributed by atoms with Crippen molar-refractivity contribution in [3.8, 4) is 11.5 Å². The molecule has 0 radical (unpaired) electrons. The molecule has 0 bridgehead atoms. The third-order valence-electron chi connectivity index (χ3n) is 3.84. The van der Waals surface area contributed by atoms with Crippen molar-refractivity contribution in [2.24, 2.45) is 7.05 Å². The quantitative estimate of drug-likeness (QED) is 0.587. The van der Waals surface area contributed by atoms with Crippen molar-refractivity contribution in [2.75, 3.05) is 5.32 Å². The van der Waals surface area contributed by atoms with Crippen LogP contribution in [-0.2, 0) is 7.05 Å². The van der Waals surface area contributed by atoms with Crippen LogP contribution in [0.2, 0.25) is 0 Å². The Morgan fingerprint density at radius 2 is 2.08 bits per heavy atom. The molecular formula is C16H17N9. The van der Waals surface area contributed by atoms with Gasteiger partial charge in [0, 0.05) is 13.2 Å². The van der Waals surface area contributed by atoms with Gasteiger partial charge in [0.1, 0.15) is 17.3 Å². The second-order valence-electron chi connectivity index (χ2n) is 5.76. The highest BCUT2D eigenvalue weighted by molar-refractivity contribution is 5.88. The fourth-order valence-corrected chi connectivity index (χ4v) is 2.57. The molecule has 25 heavy (non-hydrogen) atoms. The van der Waals surface area contributed by atoms with Crippen LogP contribution in [-0.4, -0.2) is 39.9 Å². The maximum Gasteiger partial charge on any atom is 0.182 e. The van der Waals surface area contributed by atoms with Crippen molar-refractivity contribution in [3.05, 3.63) is 42.2 Å². The van der Waals surface area contributed by atoms with Gasteiger partial charge in [-0.05, 0) is 26.0 Å². The maximum atomic E-state index is 4.65. The van der Waals surface area contributed by atoms with E-state index >= 15 is 0 Å². The minimum atomic E-state index is -0.125. The lowest BCUT2D eigenvalue weighted by Gasteiger charge is -2.13. The molecule has 126 valence electrons. The first-order valence-corrected chi connectivity index (χ1v) is 7.88. The molecule has 9 heteroatoms. The molecule has 0 aliphatic rings. The van der Waals surface area contributed by atoms with Gasteiger partial charge in [-0.2, -0.15) is 10.2 Å². The van der Waals surface area contributed by atoms with Crippen molar-refractivity contribution in [2.45, 2.75) is 19.9 Å². The summed E-state index contributed by atoms with van der Waals surface area (Å²) < 4.78 is 1.72. The highest BCUT2D eigenvalue weighted by Gasteiger charge is 2.17. The minimum absolute atomic E-state index is 0.125. The van der Waals surface area contributed by atoms with E-state index < -0.39 is 0 Å². The van der Waals surface area contributed by atoms with Crippen LogP contribution in [0.15, 0.2) is 30.6 Å². The summed E-state index contributed by atoms with van der Waals surface area (Å²) in [6, 6.07) is 5.52. The summed E-state index contributed by atoms with van der Waals surface area (Å²) in [5, 5.41) is 15.5. The van der Waals surface area contributed by atoms with E-state index in [9.17, 15) is 0 Å². The Morgan fingerprint density at radius 3 is 2.80 bits per heavy atom. The molecular weight excluding hydrogens is 318 g/mol. The Labute approximate surface area is 143 Å². The van der Waals surface area contributed by atoms with Crippen molar-refractivity contribution in [1.82, 2.24) is 39.9 Å². The molecule has 4 rings (SSSR count). The van der Waals surface area contributed by atoms with Crippen molar-refractivity contribution >= 4 is 16.9 Å². The summed E-state index contributed by atoms with van der Waals surface area (Å²) in [6.07, 6.45) is 3.47. The lowest BCUT2D eigenvalue weighted by molar-refractivity contribution is 0.783. The highest BCUT2D eigenvalue weighted by atomic mass is 15.3. The lowest BCUT2D eigenvalue weighted by Crippen LogP contribution is -2.11. The first-order valence-electron chi connectivity index (χ1n) is 7.88. The van der Waals surface area contributed by atoms with Crippen LogP contribution in [0.4, 0.5) is 5.82 Å². The molecule has 0 spiro atoms. The second-order valence-corrected chi connectivity index (χ2v) is 5.76. The number of hydrogen-bond donors (Lipinski definition) is 2. The third kappa shape index (κ3) is 2.80. The number of anilines is 1. The van der Waals surface area contributed by atoms with E-state index in [2.05, 4.69) is 40.5 Å². The monoisotopic (exact) mass is 335 g/mol. The van der Waals surface area contributed by atoms with Crippen LogP contribution in [0.25, 0.3) is 22.6 Å². The average molecular weight is 335 g/mol. The van der Waals surface area contributed by atoms with Crippen LogP contribution in [0, 0.1) is 6.92 Å². The van der Waals surface area contributed by atoms with E-state index in [0.29, 0.717) is 23.2 Å². The molecule has 4 aromatic rings. The molecule has 0 fully saturated rings. The number of fused-ring (bicyclic) bond motifs is 1. The van der Waals surface area contributed by atoms with Crippen molar-refractivity contribution in [1.29, 1.82) is 0 Å². The molecule has 9 nitrogen and oxygen atoms in total. The summed E-state index contributed by atoms with van der Waals surface area (Å²) in [6.45, 7) is 3.85. The number of H-pyrrole nitrogens is 1. The largest absolute Gasteiger partial charge is 0.360 e. The molecule has 0 aliphatic carbocycles. The predicted molar refractivity (Wildman–Crippen MR) is 92.7 cm³/mol. The highest BCUT2D eigenvalue weighted by Crippen LogP contribution is 2.26. The van der Waals surface area contributed by atoms with Crippen LogP contribution in [0.5, 0.6) is 0 Å². The third-order valence-corrected chi connectivity index (χ3v) is 3.84. The first-order chi connectivity index (χ1) is 12.1. The van der Waals surface area contributed by atoms with E-state index in [-0.39, 0.29) is 6.04 Å². The standard InChI is InChI=1S/C16H17N9/c1-9(13-20-10(2)23-24-13)19-14-11-8-18-25(3)16(11)22-15(21-14)12-6-4-5-7-17-12/h4-9H,1-3H3,(H,19,21,22)(H,20,23,24)/t9-/m1/s1. The van der Waals surface area contributed by atoms with Crippen molar-refractivity contribution < 1.29 is 0 Å². The Bertz CT molecular complexity index is 1020. The van der Waals surface area contributed by atoms with Gasteiger partial charge in [-0.3, -0.25) is 14.8 Å². The summed E-state index contributed by atoms with van der Waals surface area (Å²) in [7, 11) is 1.85. The van der Waals surface area contributed by atoms with E-state index in [1.54, 1.807) is 17.1 Å². The van der Waals surface area contributed by atoms with E-state index in [4.69, 9.17) is 0 Å². The second kappa shape index (κ2) is 5.93. The molecule has 4 aromatic heterocycles. The van der Waals surface area contributed by atoms with Crippen molar-refractivity contribution in [3.63, 3.8) is 0 Å². The SMILES string of the molecule is Cc1nc([C@@H](C)Nc2nc(-c3ccccn3)nc3c2cnn3C)n[nH]1. The topological polar surface area (TPSA) is 110 Å². The van der Waals surface area contributed by atoms with Gasteiger partial charge < -0.3 is 5.32 Å². The molecule has 2 N–H and O–H groups in total. The fraction of sp³-hybridized carbons (Fsp3) is 0.250. The van der Waals surface area contributed by atoms with Gasteiger partial charge in [0.05, 0.1) is 17.6 Å². The fourth-order valence-electron chi connectivity index (χ4n) is 2.57. The van der Waals surface area contributed by atoms with Crippen LogP contribution in [0.1, 0.15) is 24.6 Å². The summed E-state index contributed by atoms with van der Waals surface area (Å²) >= 11 is 0. The van der Waals surface area contributed by atoms with Gasteiger partial charge in [-0.15, -0.1) is 0 Å². The zero-order chi connectivity index (χ0) is 17.4. The molecule has 0 aliphatic heterocycles. The molecule has 0 saturated carbocycles. The van der Waals surface area contributed by atoms with E-state index in [1.807, 2.05) is 39.1 Å². The van der Waals surface area contributed by atoms with E-state index in [0.717, 1.165) is 16.9 Å². The number of nitrogens with one attached hydrogen (secondary N) is 2. The number of nitrogens with zero attached hydrogens (tertiary/aromatic N) is 7. The van der Waals surface area contributed by atoms with Gasteiger partial charge in [0.25, 0.3) is 0 Å². The number of aromatic nitrogens is 8. The smallest absolute Gasteiger partial charge is 0.182 e. The Morgan fingerprint density at radius 1 is 1.20 bits per heavy atom. The number of rotatable bonds is 4. The Hall–Kier alpha value is -3.36. The maximum absolute atomic E-state index is 4.65. The van der Waals surface area contributed by atoms with Crippen LogP contribution >= 0.6 is 0 Å². The average Bonchev–Trinajstić information content (AvgIpc) is 3.22. The lowest BCUT2D eigenvalue weighted by atomic mass is 10.2. The summed E-state index contributed by atoms with van der Waals surface area (Å²) in [5.74, 6) is 2.66. The summed E-state index contributed by atoms with van der Waals surface area (Å²) in [5.41, 5.74) is 1.44. The molecule has 0 saturated heterocycles. The number of aromatic amines is 1. The van der Waals surface area contributed by atoms with E-state index in [1.165, 1.54) is 0 Å². The minimum Gasteiger partial charge on any atom is -0.360 e. The molecule has 4 heterocycles. The Kier molecular flexibility index (Phi) is 3.60. The first kappa shape index (κ1) is 15.2. The van der Waals surface area contributed by atoms with Gasteiger partial charge >= 0.3 is 0 Å². The van der Waals surface area contributed by atoms with Crippen LogP contribution in [0.3, 0.4) is 0 Å². The number of aryl methyl sites for hydroxylation is 2. The van der Waals surface area contributed by atoms with Gasteiger partial charge in [0.15, 0.2) is 17.3 Å². The number of pyridine rings is 1. The Balaban J connectivity index is 1.79. The van der Waals surface area contributed by atoms with Gasteiger partial charge in [-0.1, -0.05) is 6.07 Å². The normalized spacial score (nSPS) is 12.4. The number of hydrogen-bond acceptors (Lipinski definition) is 7.